The highest BCUT2D eigenvalue weighted by atomic mass is 127. The van der Waals surface area contributed by atoms with Crippen LogP contribution in [0.25, 0.3) is 0 Å². The predicted molar refractivity (Wildman–Crippen MR) is 93.3 cm³/mol. The molecular weight excluding hydrogens is 381 g/mol. The number of aliphatic imine (C=N–C) groups is 1. The summed E-state index contributed by atoms with van der Waals surface area (Å²) in [6, 6.07) is 2.41. The molecule has 0 bridgehead atoms. The Morgan fingerprint density at radius 3 is 2.29 bits per heavy atom. The third-order valence-corrected chi connectivity index (χ3v) is 4.91. The van der Waals surface area contributed by atoms with Gasteiger partial charge >= 0.3 is 0 Å². The van der Waals surface area contributed by atoms with Gasteiger partial charge in [0.15, 0.2) is 11.5 Å². The topological polar surface area (TPSA) is 40.0 Å². The Morgan fingerprint density at radius 1 is 1.05 bits per heavy atom. The van der Waals surface area contributed by atoms with Crippen LogP contribution < -0.4 is 14.2 Å². The van der Waals surface area contributed by atoms with Gasteiger partial charge in [0.2, 0.25) is 5.75 Å². The molecule has 0 heterocycles. The van der Waals surface area contributed by atoms with Crippen LogP contribution in [0, 0.1) is 3.57 Å². The Hall–Kier alpha value is -0.980. The molecule has 1 fully saturated rings. The van der Waals surface area contributed by atoms with Crippen LogP contribution in [-0.4, -0.2) is 33.6 Å². The second-order valence-corrected chi connectivity index (χ2v) is 6.20. The number of halogens is 1. The smallest absolute Gasteiger partial charge is 0.204 e. The van der Waals surface area contributed by atoms with Gasteiger partial charge in [-0.1, -0.05) is 19.3 Å². The van der Waals surface area contributed by atoms with E-state index >= 15 is 0 Å². The van der Waals surface area contributed by atoms with Gasteiger partial charge in [-0.25, -0.2) is 0 Å². The van der Waals surface area contributed by atoms with Crippen LogP contribution in [-0.2, 0) is 0 Å². The lowest BCUT2D eigenvalue weighted by Gasteiger charge is -2.18. The molecule has 116 valence electrons. The third-order valence-electron chi connectivity index (χ3n) is 3.80. The summed E-state index contributed by atoms with van der Waals surface area (Å²) in [5.74, 6) is 1.99. The molecular formula is C16H22INO3. The van der Waals surface area contributed by atoms with Crippen molar-refractivity contribution in [3.8, 4) is 17.2 Å². The van der Waals surface area contributed by atoms with Crippen molar-refractivity contribution in [3.63, 3.8) is 0 Å². The number of hydrogen-bond acceptors (Lipinski definition) is 4. The van der Waals surface area contributed by atoms with Gasteiger partial charge in [0.25, 0.3) is 0 Å². The van der Waals surface area contributed by atoms with Crippen molar-refractivity contribution in [1.29, 1.82) is 0 Å². The highest BCUT2D eigenvalue weighted by molar-refractivity contribution is 14.1. The summed E-state index contributed by atoms with van der Waals surface area (Å²) in [7, 11) is 4.89. The third kappa shape index (κ3) is 3.81. The van der Waals surface area contributed by atoms with Gasteiger partial charge in [-0.15, -0.1) is 0 Å². The second-order valence-electron chi connectivity index (χ2n) is 5.12. The zero-order chi connectivity index (χ0) is 15.2. The van der Waals surface area contributed by atoms with Gasteiger partial charge in [0.05, 0.1) is 24.9 Å². The van der Waals surface area contributed by atoms with Gasteiger partial charge in [-0.2, -0.15) is 0 Å². The van der Waals surface area contributed by atoms with E-state index in [9.17, 15) is 0 Å². The summed E-state index contributed by atoms with van der Waals surface area (Å²) >= 11 is 2.27. The molecule has 1 aromatic rings. The highest BCUT2D eigenvalue weighted by Crippen LogP contribution is 2.42. The van der Waals surface area contributed by atoms with Crippen LogP contribution in [0.4, 0.5) is 0 Å². The molecule has 0 spiro atoms. The van der Waals surface area contributed by atoms with E-state index in [2.05, 4.69) is 22.6 Å². The molecule has 0 atom stereocenters. The van der Waals surface area contributed by atoms with Crippen molar-refractivity contribution in [2.45, 2.75) is 38.1 Å². The van der Waals surface area contributed by atoms with Crippen LogP contribution in [0.15, 0.2) is 11.1 Å². The molecule has 0 amide bonds. The summed E-state index contributed by atoms with van der Waals surface area (Å²) in [5, 5.41) is 0. The van der Waals surface area contributed by atoms with Crippen LogP contribution in [0.1, 0.15) is 37.7 Å². The Bertz CT molecular complexity index is 511. The molecule has 5 heteroatoms. The van der Waals surface area contributed by atoms with Gasteiger partial charge < -0.3 is 14.2 Å². The molecule has 1 aliphatic carbocycles. The monoisotopic (exact) mass is 403 g/mol. The molecule has 2 rings (SSSR count). The lowest BCUT2D eigenvalue weighted by molar-refractivity contribution is 0.323. The fraction of sp³-hybridized carbons (Fsp3) is 0.562. The van der Waals surface area contributed by atoms with Gasteiger partial charge in [-0.3, -0.25) is 4.99 Å². The minimum Gasteiger partial charge on any atom is -0.493 e. The number of methoxy groups -OCH3 is 3. The largest absolute Gasteiger partial charge is 0.493 e. The van der Waals surface area contributed by atoms with E-state index < -0.39 is 0 Å². The molecule has 0 aliphatic heterocycles. The first-order valence-electron chi connectivity index (χ1n) is 7.23. The molecule has 0 saturated heterocycles. The average Bonchev–Trinajstić information content (AvgIpc) is 2.54. The van der Waals surface area contributed by atoms with Crippen molar-refractivity contribution < 1.29 is 14.2 Å². The lowest BCUT2D eigenvalue weighted by atomic mass is 9.96. The minimum absolute atomic E-state index is 0.452. The van der Waals surface area contributed by atoms with E-state index in [1.165, 1.54) is 32.1 Å². The summed E-state index contributed by atoms with van der Waals surface area (Å²) in [6.07, 6.45) is 8.24. The van der Waals surface area contributed by atoms with E-state index in [1.54, 1.807) is 21.3 Å². The molecule has 4 nitrogen and oxygen atoms in total. The molecule has 1 aliphatic rings. The molecule has 0 aromatic heterocycles. The van der Waals surface area contributed by atoms with Gasteiger partial charge in [-0.05, 0) is 41.5 Å². The standard InChI is InChI=1S/C16H22INO3/c1-19-13-9-11(10-18-12-7-5-4-6-8-12)14(17)16(21-3)15(13)20-2/h9-10,12H,4-8H2,1-3H3. The van der Waals surface area contributed by atoms with Crippen LogP contribution >= 0.6 is 22.6 Å². The maximum atomic E-state index is 5.47. The summed E-state index contributed by atoms with van der Waals surface area (Å²) in [4.78, 5) is 4.74. The van der Waals surface area contributed by atoms with Gasteiger partial charge in [0, 0.05) is 17.8 Å². The fourth-order valence-corrected chi connectivity index (χ4v) is 3.41. The summed E-state index contributed by atoms with van der Waals surface area (Å²) < 4.78 is 17.2. The zero-order valence-electron chi connectivity index (χ0n) is 12.8. The number of benzene rings is 1. The molecule has 21 heavy (non-hydrogen) atoms. The maximum absolute atomic E-state index is 5.47. The van der Waals surface area contributed by atoms with Gasteiger partial charge in [0.1, 0.15) is 0 Å². The molecule has 0 radical (unpaired) electrons. The Kier molecular flexibility index (Phi) is 6.14. The van der Waals surface area contributed by atoms with E-state index in [-0.39, 0.29) is 0 Å². The molecule has 0 N–H and O–H groups in total. The highest BCUT2D eigenvalue weighted by Gasteiger charge is 2.18. The van der Waals surface area contributed by atoms with Crippen LogP contribution in [0.3, 0.4) is 0 Å². The Balaban J connectivity index is 2.32. The normalized spacial score (nSPS) is 16.2. The van der Waals surface area contributed by atoms with E-state index in [1.807, 2.05) is 12.3 Å². The van der Waals surface area contributed by atoms with Crippen molar-refractivity contribution in [3.05, 3.63) is 15.2 Å². The summed E-state index contributed by atoms with van der Waals surface area (Å²) in [5.41, 5.74) is 1.01. The Morgan fingerprint density at radius 2 is 1.71 bits per heavy atom. The predicted octanol–water partition coefficient (Wildman–Crippen LogP) is 4.07. The van der Waals surface area contributed by atoms with Crippen molar-refractivity contribution in [2.24, 2.45) is 4.99 Å². The number of ether oxygens (including phenoxy) is 3. The fourth-order valence-electron chi connectivity index (χ4n) is 2.65. The SMILES string of the molecule is COc1cc(C=NC2CCCCC2)c(I)c(OC)c1OC. The van der Waals surface area contributed by atoms with Crippen molar-refractivity contribution in [1.82, 2.24) is 0 Å². The number of hydrogen-bond donors (Lipinski definition) is 0. The van der Waals surface area contributed by atoms with E-state index in [0.717, 1.165) is 9.13 Å². The Labute approximate surface area is 140 Å². The minimum atomic E-state index is 0.452. The van der Waals surface area contributed by atoms with Crippen molar-refractivity contribution in [2.75, 3.05) is 21.3 Å². The van der Waals surface area contributed by atoms with E-state index in [0.29, 0.717) is 23.3 Å². The van der Waals surface area contributed by atoms with E-state index in [4.69, 9.17) is 19.2 Å². The number of rotatable bonds is 5. The molecule has 1 aromatic carbocycles. The van der Waals surface area contributed by atoms with Crippen LogP contribution in [0.2, 0.25) is 0 Å². The second kappa shape index (κ2) is 7.87. The molecule has 1 saturated carbocycles. The zero-order valence-corrected chi connectivity index (χ0v) is 15.0. The molecule has 0 unspecified atom stereocenters. The quantitative estimate of drug-likeness (QED) is 0.550. The first-order chi connectivity index (χ1) is 10.2. The average molecular weight is 403 g/mol. The van der Waals surface area contributed by atoms with Crippen molar-refractivity contribution >= 4 is 28.8 Å². The first kappa shape index (κ1) is 16.4. The lowest BCUT2D eigenvalue weighted by Crippen LogP contribution is -2.10. The first-order valence-corrected chi connectivity index (χ1v) is 8.30. The number of nitrogens with zero attached hydrogens (tertiary/aromatic N) is 1. The maximum Gasteiger partial charge on any atom is 0.204 e. The summed E-state index contributed by atoms with van der Waals surface area (Å²) in [6.45, 7) is 0. The van der Waals surface area contributed by atoms with Crippen LogP contribution in [0.5, 0.6) is 17.2 Å².